The van der Waals surface area contributed by atoms with E-state index in [0.29, 0.717) is 5.56 Å². The molecular formula is C13H18N2O6. The van der Waals surface area contributed by atoms with Crippen molar-refractivity contribution in [1.29, 1.82) is 0 Å². The van der Waals surface area contributed by atoms with E-state index in [1.54, 1.807) is 6.92 Å². The molecule has 0 spiro atoms. The zero-order chi connectivity index (χ0) is 15.6. The molecule has 0 saturated carbocycles. The van der Waals surface area contributed by atoms with Crippen LogP contribution in [0.25, 0.3) is 0 Å². The number of aromatic amines is 1. The minimum atomic E-state index is -1.10. The molecule has 1 aliphatic rings. The number of hydrogen-bond acceptors (Lipinski definition) is 6. The number of nitrogens with one attached hydrogen (secondary N) is 1. The van der Waals surface area contributed by atoms with Gasteiger partial charge in [-0.1, -0.05) is 6.08 Å². The summed E-state index contributed by atoms with van der Waals surface area (Å²) in [6, 6.07) is 0. The van der Waals surface area contributed by atoms with Crippen molar-refractivity contribution in [2.24, 2.45) is 0 Å². The highest BCUT2D eigenvalue weighted by molar-refractivity contribution is 5.03. The summed E-state index contributed by atoms with van der Waals surface area (Å²) in [7, 11) is 0. The first-order chi connectivity index (χ1) is 9.99. The summed E-state index contributed by atoms with van der Waals surface area (Å²) in [6.07, 6.45) is -0.939. The largest absolute Gasteiger partial charge is 0.394 e. The van der Waals surface area contributed by atoms with Crippen molar-refractivity contribution in [2.45, 2.75) is 31.5 Å². The molecule has 1 aromatic rings. The molecule has 1 saturated heterocycles. The molecule has 3 N–H and O–H groups in total. The molecule has 116 valence electrons. The van der Waals surface area contributed by atoms with Crippen LogP contribution in [0.1, 0.15) is 11.8 Å². The Morgan fingerprint density at radius 3 is 2.90 bits per heavy atom. The number of aryl methyl sites for hydroxylation is 1. The number of hydrogen-bond donors (Lipinski definition) is 3. The average Bonchev–Trinajstić information content (AvgIpc) is 2.77. The average molecular weight is 298 g/mol. The maximum absolute atomic E-state index is 11.9. The second-order valence-corrected chi connectivity index (χ2v) is 4.80. The molecule has 8 heteroatoms. The molecule has 0 radical (unpaired) electrons. The van der Waals surface area contributed by atoms with Crippen molar-refractivity contribution in [2.75, 3.05) is 13.2 Å². The summed E-state index contributed by atoms with van der Waals surface area (Å²) in [5.74, 6) is 0. The van der Waals surface area contributed by atoms with Gasteiger partial charge in [0.25, 0.3) is 5.56 Å². The molecule has 1 unspecified atom stereocenters. The lowest BCUT2D eigenvalue weighted by Crippen LogP contribution is -2.40. The lowest BCUT2D eigenvalue weighted by molar-refractivity contribution is -0.0687. The van der Waals surface area contributed by atoms with E-state index in [1.807, 2.05) is 0 Å². The summed E-state index contributed by atoms with van der Waals surface area (Å²) in [5.41, 5.74) is -0.840. The molecular weight excluding hydrogens is 280 g/mol. The van der Waals surface area contributed by atoms with Crippen LogP contribution in [0, 0.1) is 6.92 Å². The van der Waals surface area contributed by atoms with Gasteiger partial charge in [-0.05, 0) is 6.92 Å². The van der Waals surface area contributed by atoms with E-state index in [4.69, 9.17) is 9.47 Å². The van der Waals surface area contributed by atoms with E-state index in [9.17, 15) is 19.8 Å². The van der Waals surface area contributed by atoms with Gasteiger partial charge in [0.2, 0.25) is 0 Å². The number of aromatic nitrogens is 2. The van der Waals surface area contributed by atoms with Gasteiger partial charge in [-0.15, -0.1) is 6.58 Å². The number of aliphatic hydroxyl groups is 2. The van der Waals surface area contributed by atoms with E-state index in [0.717, 1.165) is 4.57 Å². The molecule has 0 amide bonds. The van der Waals surface area contributed by atoms with Gasteiger partial charge in [0.05, 0.1) is 13.2 Å². The molecule has 1 aromatic heterocycles. The van der Waals surface area contributed by atoms with Crippen LogP contribution in [0.15, 0.2) is 28.4 Å². The third-order valence-corrected chi connectivity index (χ3v) is 3.32. The Balaban J connectivity index is 2.40. The van der Waals surface area contributed by atoms with Gasteiger partial charge in [0.15, 0.2) is 6.23 Å². The Morgan fingerprint density at radius 1 is 1.57 bits per heavy atom. The minimum Gasteiger partial charge on any atom is -0.394 e. The number of nitrogens with zero attached hydrogens (tertiary/aromatic N) is 1. The Bertz CT molecular complexity index is 622. The topological polar surface area (TPSA) is 114 Å². The van der Waals surface area contributed by atoms with E-state index < -0.39 is 42.4 Å². The summed E-state index contributed by atoms with van der Waals surface area (Å²) >= 11 is 0. The summed E-state index contributed by atoms with van der Waals surface area (Å²) in [6.45, 7) is 4.79. The molecule has 1 aliphatic heterocycles. The SMILES string of the molecule is C=CCOC1[C@H](n2cc(C)c(=O)[nH]c2=O)O[C@H](CO)[C@H]1O. The quantitative estimate of drug-likeness (QED) is 0.580. The van der Waals surface area contributed by atoms with E-state index in [-0.39, 0.29) is 6.61 Å². The first-order valence-corrected chi connectivity index (χ1v) is 6.48. The molecule has 0 aromatic carbocycles. The second kappa shape index (κ2) is 6.35. The van der Waals surface area contributed by atoms with Crippen LogP contribution < -0.4 is 11.2 Å². The van der Waals surface area contributed by atoms with Crippen molar-refractivity contribution < 1.29 is 19.7 Å². The van der Waals surface area contributed by atoms with Gasteiger partial charge >= 0.3 is 5.69 Å². The predicted octanol–water partition coefficient (Wildman–Crippen LogP) is -1.33. The lowest BCUT2D eigenvalue weighted by Gasteiger charge is -2.21. The Morgan fingerprint density at radius 2 is 2.29 bits per heavy atom. The second-order valence-electron chi connectivity index (χ2n) is 4.80. The number of ether oxygens (including phenoxy) is 2. The van der Waals surface area contributed by atoms with Crippen LogP contribution in [-0.4, -0.2) is 51.3 Å². The van der Waals surface area contributed by atoms with Gasteiger partial charge in [-0.3, -0.25) is 14.3 Å². The highest BCUT2D eigenvalue weighted by atomic mass is 16.6. The maximum Gasteiger partial charge on any atom is 0.330 e. The summed E-state index contributed by atoms with van der Waals surface area (Å²) < 4.78 is 12.1. The molecule has 21 heavy (non-hydrogen) atoms. The van der Waals surface area contributed by atoms with Gasteiger partial charge in [0, 0.05) is 11.8 Å². The van der Waals surface area contributed by atoms with E-state index in [1.165, 1.54) is 12.3 Å². The van der Waals surface area contributed by atoms with Crippen molar-refractivity contribution in [1.82, 2.24) is 9.55 Å². The van der Waals surface area contributed by atoms with Crippen molar-refractivity contribution in [3.63, 3.8) is 0 Å². The fourth-order valence-corrected chi connectivity index (χ4v) is 2.23. The lowest BCUT2D eigenvalue weighted by atomic mass is 10.1. The molecule has 0 aliphatic carbocycles. The molecule has 2 heterocycles. The van der Waals surface area contributed by atoms with E-state index >= 15 is 0 Å². The van der Waals surface area contributed by atoms with Gasteiger partial charge in [0.1, 0.15) is 18.3 Å². The van der Waals surface area contributed by atoms with Crippen LogP contribution in [0.4, 0.5) is 0 Å². The Labute approximate surface area is 120 Å². The fourth-order valence-electron chi connectivity index (χ4n) is 2.23. The molecule has 0 bridgehead atoms. The zero-order valence-electron chi connectivity index (χ0n) is 11.6. The van der Waals surface area contributed by atoms with Gasteiger partial charge in [-0.25, -0.2) is 4.79 Å². The highest BCUT2D eigenvalue weighted by Gasteiger charge is 2.45. The van der Waals surface area contributed by atoms with Crippen LogP contribution in [0.2, 0.25) is 0 Å². The molecule has 8 nitrogen and oxygen atoms in total. The molecule has 1 fully saturated rings. The fraction of sp³-hybridized carbons (Fsp3) is 0.538. The van der Waals surface area contributed by atoms with Gasteiger partial charge in [-0.2, -0.15) is 0 Å². The van der Waals surface area contributed by atoms with E-state index in [2.05, 4.69) is 11.6 Å². The normalized spacial score (nSPS) is 28.7. The number of rotatable bonds is 5. The zero-order valence-corrected chi connectivity index (χ0v) is 11.6. The third-order valence-electron chi connectivity index (χ3n) is 3.32. The van der Waals surface area contributed by atoms with Crippen LogP contribution in [0.3, 0.4) is 0 Å². The van der Waals surface area contributed by atoms with Crippen LogP contribution in [0.5, 0.6) is 0 Å². The van der Waals surface area contributed by atoms with Crippen LogP contribution >= 0.6 is 0 Å². The number of aliphatic hydroxyl groups excluding tert-OH is 2. The molecule has 2 rings (SSSR count). The first-order valence-electron chi connectivity index (χ1n) is 6.48. The molecule has 4 atom stereocenters. The third kappa shape index (κ3) is 2.98. The number of H-pyrrole nitrogens is 1. The Hall–Kier alpha value is -1.74. The van der Waals surface area contributed by atoms with Crippen LogP contribution in [-0.2, 0) is 9.47 Å². The summed E-state index contributed by atoms with van der Waals surface area (Å²) in [5, 5.41) is 19.3. The van der Waals surface area contributed by atoms with Crippen molar-refractivity contribution >= 4 is 0 Å². The van der Waals surface area contributed by atoms with Gasteiger partial charge < -0.3 is 19.7 Å². The minimum absolute atomic E-state index is 0.150. The Kier molecular flexibility index (Phi) is 4.73. The monoisotopic (exact) mass is 298 g/mol. The van der Waals surface area contributed by atoms with Crippen molar-refractivity contribution in [3.05, 3.63) is 45.3 Å². The smallest absolute Gasteiger partial charge is 0.330 e. The standard InChI is InChI=1S/C13H18N2O6/c1-3-4-20-10-9(17)8(6-16)21-12(10)15-5-7(2)11(18)14-13(15)19/h3,5,8-10,12,16-17H,1,4,6H2,2H3,(H,14,18,19)/t8-,9-,10?,12-/m1/s1. The highest BCUT2D eigenvalue weighted by Crippen LogP contribution is 2.30. The first kappa shape index (κ1) is 15.6. The summed E-state index contributed by atoms with van der Waals surface area (Å²) in [4.78, 5) is 25.5. The maximum atomic E-state index is 11.9. The predicted molar refractivity (Wildman–Crippen MR) is 73.0 cm³/mol. The van der Waals surface area contributed by atoms with Crippen molar-refractivity contribution in [3.8, 4) is 0 Å².